The third-order valence-corrected chi connectivity index (χ3v) is 3.89. The molecule has 0 spiro atoms. The Morgan fingerprint density at radius 2 is 2.09 bits per heavy atom. The highest BCUT2D eigenvalue weighted by Gasteiger charge is 2.25. The summed E-state index contributed by atoms with van der Waals surface area (Å²) < 4.78 is 0. The van der Waals surface area contributed by atoms with Crippen molar-refractivity contribution in [2.75, 3.05) is 5.73 Å². The second-order valence-corrected chi connectivity index (χ2v) is 5.46. The van der Waals surface area contributed by atoms with E-state index >= 15 is 0 Å². The lowest BCUT2D eigenvalue weighted by Gasteiger charge is -2.15. The molecule has 1 heterocycles. The Bertz CT molecular complexity index is 866. The van der Waals surface area contributed by atoms with Crippen molar-refractivity contribution in [2.24, 2.45) is 0 Å². The molecule has 2 aromatic rings. The number of fused-ring (bicyclic) bond motifs is 1. The molecule has 1 atom stereocenters. The Kier molecular flexibility index (Phi) is 3.32. The molecule has 1 aromatic heterocycles. The van der Waals surface area contributed by atoms with E-state index in [4.69, 9.17) is 5.73 Å². The molecule has 3 rings (SSSR count). The van der Waals surface area contributed by atoms with Crippen LogP contribution in [0.4, 0.5) is 5.69 Å². The maximum atomic E-state index is 12.3. The molecule has 7 nitrogen and oxygen atoms in total. The van der Waals surface area contributed by atoms with Crippen LogP contribution in [-0.4, -0.2) is 15.9 Å². The number of aromatic nitrogens is 2. The molecule has 5 N–H and O–H groups in total. The molecule has 0 fully saturated rings. The summed E-state index contributed by atoms with van der Waals surface area (Å²) in [5.41, 5.74) is 6.94. The summed E-state index contributed by atoms with van der Waals surface area (Å²) in [6.07, 6.45) is 1.65. The molecule has 1 amide bonds. The number of carbonyl (C=O) groups is 1. The first-order valence-electron chi connectivity index (χ1n) is 6.98. The van der Waals surface area contributed by atoms with Crippen LogP contribution in [0.2, 0.25) is 0 Å². The fraction of sp³-hybridized carbons (Fsp3) is 0.267. The molecule has 1 aliphatic rings. The number of amides is 1. The van der Waals surface area contributed by atoms with Crippen LogP contribution in [0.5, 0.6) is 0 Å². The number of anilines is 1. The van der Waals surface area contributed by atoms with E-state index in [1.165, 1.54) is 5.56 Å². The summed E-state index contributed by atoms with van der Waals surface area (Å²) >= 11 is 0. The van der Waals surface area contributed by atoms with Gasteiger partial charge in [0.2, 0.25) is 0 Å². The molecule has 1 aliphatic carbocycles. The zero-order valence-electron chi connectivity index (χ0n) is 12.0. The summed E-state index contributed by atoms with van der Waals surface area (Å²) in [6.45, 7) is 1.99. The van der Waals surface area contributed by atoms with Crippen molar-refractivity contribution < 1.29 is 4.79 Å². The van der Waals surface area contributed by atoms with Crippen LogP contribution in [0.1, 0.15) is 39.6 Å². The van der Waals surface area contributed by atoms with Gasteiger partial charge >= 0.3 is 5.69 Å². The van der Waals surface area contributed by atoms with Gasteiger partial charge in [0.1, 0.15) is 11.4 Å². The van der Waals surface area contributed by atoms with Gasteiger partial charge in [-0.15, -0.1) is 0 Å². The number of aromatic amines is 2. The largest absolute Gasteiger partial charge is 0.392 e. The Balaban J connectivity index is 1.90. The van der Waals surface area contributed by atoms with Crippen molar-refractivity contribution >= 4 is 11.6 Å². The van der Waals surface area contributed by atoms with Crippen molar-refractivity contribution in [1.29, 1.82) is 0 Å². The van der Waals surface area contributed by atoms with E-state index in [0.717, 1.165) is 24.0 Å². The predicted molar refractivity (Wildman–Crippen MR) is 81.8 cm³/mol. The molecule has 0 saturated carbocycles. The number of nitrogen functional groups attached to an aromatic ring is 1. The van der Waals surface area contributed by atoms with Crippen LogP contribution in [0, 0.1) is 6.92 Å². The Labute approximate surface area is 125 Å². The first-order valence-corrected chi connectivity index (χ1v) is 6.98. The van der Waals surface area contributed by atoms with E-state index in [0.29, 0.717) is 0 Å². The SMILES string of the molecule is Cc1ccc2c(c1)[C@@H](NC(=O)c1[nH]c(=O)[nH]c(=O)c1N)CC2. The Morgan fingerprint density at radius 3 is 2.86 bits per heavy atom. The van der Waals surface area contributed by atoms with Crippen molar-refractivity contribution in [3.63, 3.8) is 0 Å². The number of benzene rings is 1. The highest BCUT2D eigenvalue weighted by molar-refractivity contribution is 5.97. The minimum Gasteiger partial charge on any atom is -0.392 e. The molecule has 7 heteroatoms. The number of aryl methyl sites for hydroxylation is 2. The first kappa shape index (κ1) is 14.1. The van der Waals surface area contributed by atoms with Crippen molar-refractivity contribution in [2.45, 2.75) is 25.8 Å². The van der Waals surface area contributed by atoms with Crippen molar-refractivity contribution in [1.82, 2.24) is 15.3 Å². The van der Waals surface area contributed by atoms with Crippen molar-refractivity contribution in [3.8, 4) is 0 Å². The highest BCUT2D eigenvalue weighted by Crippen LogP contribution is 2.31. The second kappa shape index (κ2) is 5.18. The van der Waals surface area contributed by atoms with Crippen molar-refractivity contribution in [3.05, 3.63) is 61.4 Å². The fourth-order valence-electron chi connectivity index (χ4n) is 2.78. The van der Waals surface area contributed by atoms with Crippen LogP contribution in [0.3, 0.4) is 0 Å². The molecule has 0 radical (unpaired) electrons. The summed E-state index contributed by atoms with van der Waals surface area (Å²) in [7, 11) is 0. The summed E-state index contributed by atoms with van der Waals surface area (Å²) in [6, 6.07) is 5.98. The number of hydrogen-bond donors (Lipinski definition) is 4. The summed E-state index contributed by atoms with van der Waals surface area (Å²) in [5.74, 6) is -0.556. The lowest BCUT2D eigenvalue weighted by Crippen LogP contribution is -2.35. The molecular formula is C15H16N4O3. The molecule has 0 bridgehead atoms. The smallest absolute Gasteiger partial charge is 0.326 e. The molecule has 1 aromatic carbocycles. The van der Waals surface area contributed by atoms with Gasteiger partial charge in [0, 0.05) is 0 Å². The predicted octanol–water partition coefficient (Wildman–Crippen LogP) is 0.371. The van der Waals surface area contributed by atoms with Gasteiger partial charge < -0.3 is 16.0 Å². The minimum absolute atomic E-state index is 0.149. The average molecular weight is 300 g/mol. The molecule has 22 heavy (non-hydrogen) atoms. The monoisotopic (exact) mass is 300 g/mol. The van der Waals surface area contributed by atoms with Crippen LogP contribution in [0.15, 0.2) is 27.8 Å². The molecular weight excluding hydrogens is 284 g/mol. The summed E-state index contributed by atoms with van der Waals surface area (Å²) in [4.78, 5) is 39.3. The maximum Gasteiger partial charge on any atom is 0.326 e. The number of carbonyl (C=O) groups excluding carboxylic acids is 1. The zero-order chi connectivity index (χ0) is 15.9. The average Bonchev–Trinajstić information content (AvgIpc) is 2.85. The number of nitrogens with one attached hydrogen (secondary N) is 3. The quantitative estimate of drug-likeness (QED) is 0.640. The van der Waals surface area contributed by atoms with Gasteiger partial charge in [0.25, 0.3) is 11.5 Å². The molecule has 0 saturated heterocycles. The van der Waals surface area contributed by atoms with Gasteiger partial charge in [-0.2, -0.15) is 0 Å². The zero-order valence-corrected chi connectivity index (χ0v) is 12.0. The van der Waals surface area contributed by atoms with Crippen LogP contribution < -0.4 is 22.3 Å². The third-order valence-electron chi connectivity index (χ3n) is 3.89. The lowest BCUT2D eigenvalue weighted by atomic mass is 10.0. The highest BCUT2D eigenvalue weighted by atomic mass is 16.2. The fourth-order valence-corrected chi connectivity index (χ4v) is 2.78. The van der Waals surface area contributed by atoms with Crippen LogP contribution in [-0.2, 0) is 6.42 Å². The number of rotatable bonds is 2. The van der Waals surface area contributed by atoms with Gasteiger partial charge in [0.05, 0.1) is 6.04 Å². The summed E-state index contributed by atoms with van der Waals surface area (Å²) in [5, 5.41) is 2.83. The van der Waals surface area contributed by atoms with E-state index < -0.39 is 17.2 Å². The van der Waals surface area contributed by atoms with Gasteiger partial charge in [-0.25, -0.2) is 4.79 Å². The topological polar surface area (TPSA) is 121 Å². The Hall–Kier alpha value is -2.83. The van der Waals surface area contributed by atoms with Gasteiger partial charge in [0.15, 0.2) is 0 Å². The maximum absolute atomic E-state index is 12.3. The minimum atomic E-state index is -0.767. The number of H-pyrrole nitrogens is 2. The number of hydrogen-bond acceptors (Lipinski definition) is 4. The number of nitrogens with two attached hydrogens (primary N) is 1. The van der Waals surface area contributed by atoms with Gasteiger partial charge in [-0.3, -0.25) is 14.6 Å². The molecule has 0 aliphatic heterocycles. The van der Waals surface area contributed by atoms with E-state index in [1.807, 2.05) is 24.0 Å². The standard InChI is InChI=1S/C15H16N4O3/c1-7-2-3-8-4-5-10(9(8)6-7)17-14(21)12-11(16)13(20)19-15(22)18-12/h2-3,6,10H,4-5,16H2,1H3,(H,17,21)(H2,18,19,20,22)/t10-/m0/s1. The van der Waals surface area contributed by atoms with E-state index in [2.05, 4.69) is 16.4 Å². The van der Waals surface area contributed by atoms with E-state index in [1.54, 1.807) is 0 Å². The normalized spacial score (nSPS) is 16.3. The van der Waals surface area contributed by atoms with Gasteiger partial charge in [-0.1, -0.05) is 23.8 Å². The van der Waals surface area contributed by atoms with Crippen LogP contribution >= 0.6 is 0 Å². The first-order chi connectivity index (χ1) is 10.5. The molecule has 0 unspecified atom stereocenters. The second-order valence-electron chi connectivity index (χ2n) is 5.46. The third kappa shape index (κ3) is 2.41. The van der Waals surface area contributed by atoms with Gasteiger partial charge in [-0.05, 0) is 30.9 Å². The lowest BCUT2D eigenvalue weighted by molar-refractivity contribution is 0.0932. The van der Waals surface area contributed by atoms with E-state index in [-0.39, 0.29) is 17.4 Å². The van der Waals surface area contributed by atoms with E-state index in [9.17, 15) is 14.4 Å². The Morgan fingerprint density at radius 1 is 1.32 bits per heavy atom. The van der Waals surface area contributed by atoms with Crippen LogP contribution in [0.25, 0.3) is 0 Å². The molecule has 114 valence electrons.